The van der Waals surface area contributed by atoms with Crippen LogP contribution in [0.25, 0.3) is 0 Å². The lowest BCUT2D eigenvalue weighted by molar-refractivity contribution is -0.0209. The van der Waals surface area contributed by atoms with Gasteiger partial charge in [-0.1, -0.05) is 12.1 Å². The molecular formula is C22H19N3O3. The lowest BCUT2D eigenvalue weighted by Crippen LogP contribution is -2.33. The number of benzene rings is 2. The van der Waals surface area contributed by atoms with E-state index in [2.05, 4.69) is 11.1 Å². The number of methoxy groups -OCH3 is 1. The summed E-state index contributed by atoms with van der Waals surface area (Å²) in [6.45, 7) is 0. The van der Waals surface area contributed by atoms with Crippen LogP contribution in [0.5, 0.6) is 17.2 Å². The summed E-state index contributed by atoms with van der Waals surface area (Å²) in [5.74, 6) is 1.72. The summed E-state index contributed by atoms with van der Waals surface area (Å²) >= 11 is 0. The molecule has 0 amide bonds. The van der Waals surface area contributed by atoms with Gasteiger partial charge >= 0.3 is 0 Å². The summed E-state index contributed by atoms with van der Waals surface area (Å²) in [5, 5.41) is 16.5. The van der Waals surface area contributed by atoms with E-state index < -0.39 is 0 Å². The monoisotopic (exact) mass is 373 g/mol. The van der Waals surface area contributed by atoms with Crippen molar-refractivity contribution in [2.24, 2.45) is 5.10 Å². The van der Waals surface area contributed by atoms with E-state index in [1.807, 2.05) is 41.4 Å². The molecule has 0 saturated carbocycles. The maximum absolute atomic E-state index is 9.59. The van der Waals surface area contributed by atoms with Gasteiger partial charge in [-0.2, -0.15) is 5.10 Å². The molecule has 0 bridgehead atoms. The van der Waals surface area contributed by atoms with Crippen molar-refractivity contribution >= 4 is 5.71 Å². The van der Waals surface area contributed by atoms with Crippen molar-refractivity contribution in [3.8, 4) is 17.2 Å². The fourth-order valence-corrected chi connectivity index (χ4v) is 3.82. The molecule has 28 heavy (non-hydrogen) atoms. The predicted molar refractivity (Wildman–Crippen MR) is 104 cm³/mol. The number of aromatic hydroxyl groups is 1. The Morgan fingerprint density at radius 1 is 1.07 bits per heavy atom. The number of phenolic OH excluding ortho intramolecular Hbond substituents is 1. The fraction of sp³-hybridized carbons (Fsp3) is 0.182. The Balaban J connectivity index is 1.61. The number of hydrogen-bond acceptors (Lipinski definition) is 6. The van der Waals surface area contributed by atoms with Crippen LogP contribution in [-0.2, 0) is 0 Å². The van der Waals surface area contributed by atoms with Crippen LogP contribution in [0.4, 0.5) is 0 Å². The van der Waals surface area contributed by atoms with Gasteiger partial charge in [0, 0.05) is 29.9 Å². The number of hydrogen-bond donors (Lipinski definition) is 1. The molecule has 0 aliphatic carbocycles. The van der Waals surface area contributed by atoms with Crippen molar-refractivity contribution < 1.29 is 14.6 Å². The van der Waals surface area contributed by atoms with Crippen molar-refractivity contribution in [1.29, 1.82) is 0 Å². The van der Waals surface area contributed by atoms with E-state index in [9.17, 15) is 5.11 Å². The van der Waals surface area contributed by atoms with Crippen molar-refractivity contribution in [2.75, 3.05) is 7.11 Å². The van der Waals surface area contributed by atoms with Crippen molar-refractivity contribution in [1.82, 2.24) is 9.99 Å². The largest absolute Gasteiger partial charge is 0.508 e. The summed E-state index contributed by atoms with van der Waals surface area (Å²) in [6.07, 6.45) is 3.89. The SMILES string of the molecule is COc1cccc2c1O[C@@H](c1ccncc1)N1N=C(c3ccc(O)cc3)C[C@@H]21. The van der Waals surface area contributed by atoms with Crippen LogP contribution in [0, 0.1) is 0 Å². The molecule has 3 aromatic rings. The Morgan fingerprint density at radius 2 is 1.86 bits per heavy atom. The first-order valence-corrected chi connectivity index (χ1v) is 9.13. The highest BCUT2D eigenvalue weighted by atomic mass is 16.5. The first-order chi connectivity index (χ1) is 13.7. The summed E-state index contributed by atoms with van der Waals surface area (Å²) in [4.78, 5) is 4.12. The Labute approximate surface area is 162 Å². The van der Waals surface area contributed by atoms with Gasteiger partial charge in [0.2, 0.25) is 6.23 Å². The smallest absolute Gasteiger partial charge is 0.214 e. The highest BCUT2D eigenvalue weighted by Gasteiger charge is 2.42. The summed E-state index contributed by atoms with van der Waals surface area (Å²) in [5.41, 5.74) is 3.99. The number of para-hydroxylation sites is 1. The van der Waals surface area contributed by atoms with Gasteiger partial charge < -0.3 is 14.6 Å². The third kappa shape index (κ3) is 2.65. The molecule has 0 unspecified atom stereocenters. The maximum Gasteiger partial charge on any atom is 0.214 e. The summed E-state index contributed by atoms with van der Waals surface area (Å²) in [6, 6.07) is 17.0. The van der Waals surface area contributed by atoms with Crippen molar-refractivity contribution in [3.05, 3.63) is 83.7 Å². The van der Waals surface area contributed by atoms with Gasteiger partial charge in [-0.25, -0.2) is 5.01 Å². The summed E-state index contributed by atoms with van der Waals surface area (Å²) in [7, 11) is 1.65. The van der Waals surface area contributed by atoms with E-state index in [1.54, 1.807) is 31.6 Å². The van der Waals surface area contributed by atoms with Gasteiger partial charge in [0.1, 0.15) is 5.75 Å². The molecule has 2 aliphatic rings. The lowest BCUT2D eigenvalue weighted by atomic mass is 9.95. The molecule has 0 spiro atoms. The molecule has 6 heteroatoms. The molecule has 6 nitrogen and oxygen atoms in total. The van der Waals surface area contributed by atoms with Crippen LogP contribution >= 0.6 is 0 Å². The third-order valence-electron chi connectivity index (χ3n) is 5.19. The highest BCUT2D eigenvalue weighted by Crippen LogP contribution is 2.50. The average molecular weight is 373 g/mol. The molecule has 0 radical (unpaired) electrons. The molecule has 3 heterocycles. The van der Waals surface area contributed by atoms with Crippen LogP contribution in [0.15, 0.2) is 72.1 Å². The second-order valence-corrected chi connectivity index (χ2v) is 6.82. The quantitative estimate of drug-likeness (QED) is 0.751. The number of pyridine rings is 1. The van der Waals surface area contributed by atoms with Crippen LogP contribution in [-0.4, -0.2) is 27.9 Å². The second-order valence-electron chi connectivity index (χ2n) is 6.82. The average Bonchev–Trinajstić information content (AvgIpc) is 3.19. The molecule has 1 N–H and O–H groups in total. The zero-order valence-electron chi connectivity index (χ0n) is 15.3. The van der Waals surface area contributed by atoms with E-state index >= 15 is 0 Å². The van der Waals surface area contributed by atoms with Gasteiger partial charge in [0.15, 0.2) is 11.5 Å². The Hall–Kier alpha value is -3.54. The fourth-order valence-electron chi connectivity index (χ4n) is 3.82. The Kier molecular flexibility index (Phi) is 3.90. The van der Waals surface area contributed by atoms with Gasteiger partial charge in [-0.15, -0.1) is 0 Å². The first kappa shape index (κ1) is 16.6. The second kappa shape index (κ2) is 6.56. The number of rotatable bonds is 3. The zero-order chi connectivity index (χ0) is 19.1. The van der Waals surface area contributed by atoms with E-state index in [1.165, 1.54) is 0 Å². The number of fused-ring (bicyclic) bond motifs is 3. The van der Waals surface area contributed by atoms with Gasteiger partial charge in [-0.05, 0) is 48.0 Å². The van der Waals surface area contributed by atoms with Crippen LogP contribution in [0.2, 0.25) is 0 Å². The normalized spacial score (nSPS) is 20.0. The van der Waals surface area contributed by atoms with Crippen LogP contribution in [0.3, 0.4) is 0 Å². The molecular weight excluding hydrogens is 354 g/mol. The Bertz CT molecular complexity index is 1030. The van der Waals surface area contributed by atoms with E-state index in [-0.39, 0.29) is 18.0 Å². The first-order valence-electron chi connectivity index (χ1n) is 9.13. The number of ether oxygens (including phenoxy) is 2. The summed E-state index contributed by atoms with van der Waals surface area (Å²) < 4.78 is 11.9. The van der Waals surface area contributed by atoms with Gasteiger partial charge in [-0.3, -0.25) is 4.98 Å². The third-order valence-corrected chi connectivity index (χ3v) is 5.19. The standard InChI is InChI=1S/C22H19N3O3/c1-27-20-4-2-3-17-19-13-18(14-5-7-16(26)8-6-14)24-25(19)22(28-21(17)20)15-9-11-23-12-10-15/h2-12,19,22,26H,13H2,1H3/t19-,22-/m0/s1. The lowest BCUT2D eigenvalue weighted by Gasteiger charge is -2.38. The molecule has 0 saturated heterocycles. The minimum atomic E-state index is -0.369. The topological polar surface area (TPSA) is 67.2 Å². The molecule has 140 valence electrons. The van der Waals surface area contributed by atoms with Crippen molar-refractivity contribution in [3.63, 3.8) is 0 Å². The number of aromatic nitrogens is 1. The molecule has 5 rings (SSSR count). The zero-order valence-corrected chi connectivity index (χ0v) is 15.3. The van der Waals surface area contributed by atoms with Gasteiger partial charge in [0.05, 0.1) is 18.9 Å². The van der Waals surface area contributed by atoms with Crippen LogP contribution in [0.1, 0.15) is 35.4 Å². The Morgan fingerprint density at radius 3 is 2.61 bits per heavy atom. The van der Waals surface area contributed by atoms with E-state index in [0.29, 0.717) is 5.75 Å². The maximum atomic E-state index is 9.59. The van der Waals surface area contributed by atoms with Gasteiger partial charge in [0.25, 0.3) is 0 Å². The number of hydrazone groups is 1. The number of nitrogens with zero attached hydrogens (tertiary/aromatic N) is 3. The number of phenols is 1. The minimum absolute atomic E-state index is 0.0424. The molecule has 2 aromatic carbocycles. The molecule has 0 fully saturated rings. The molecule has 1 aromatic heterocycles. The highest BCUT2D eigenvalue weighted by molar-refractivity contribution is 6.02. The van der Waals surface area contributed by atoms with Crippen LogP contribution < -0.4 is 9.47 Å². The molecule has 2 atom stereocenters. The van der Waals surface area contributed by atoms with E-state index in [0.717, 1.165) is 34.6 Å². The molecule has 2 aliphatic heterocycles. The van der Waals surface area contributed by atoms with E-state index in [4.69, 9.17) is 14.6 Å². The van der Waals surface area contributed by atoms with Crippen molar-refractivity contribution in [2.45, 2.75) is 18.7 Å². The minimum Gasteiger partial charge on any atom is -0.508 e. The predicted octanol–water partition coefficient (Wildman–Crippen LogP) is 4.04.